The molecule has 5 atom stereocenters. The molecule has 1 aliphatic heterocycles. The molecule has 2 aliphatic rings. The van der Waals surface area contributed by atoms with Crippen LogP contribution in [0.4, 0.5) is 0 Å². The molecule has 0 aromatic heterocycles. The molecule has 1 heterocycles. The number of aliphatic hydroxyl groups is 1. The number of rotatable bonds is 0. The predicted molar refractivity (Wildman–Crippen MR) is 41.9 cm³/mol. The van der Waals surface area contributed by atoms with Crippen molar-refractivity contribution in [2.24, 2.45) is 17.8 Å². The van der Waals surface area contributed by atoms with Crippen LogP contribution in [0.2, 0.25) is 0 Å². The minimum atomic E-state index is -0.472. The van der Waals surface area contributed by atoms with Gasteiger partial charge in [0, 0.05) is 5.92 Å². The largest absolute Gasteiger partial charge is 0.368 e. The zero-order valence-electron chi connectivity index (χ0n) is 7.16. The minimum absolute atomic E-state index is 0.339. The Morgan fingerprint density at radius 1 is 1.18 bits per heavy atom. The van der Waals surface area contributed by atoms with Gasteiger partial charge in [-0.1, -0.05) is 13.8 Å². The molecule has 64 valence electrons. The van der Waals surface area contributed by atoms with E-state index in [0.717, 1.165) is 6.42 Å². The van der Waals surface area contributed by atoms with E-state index in [1.54, 1.807) is 0 Å². The van der Waals surface area contributed by atoms with Crippen LogP contribution in [0.3, 0.4) is 0 Å². The van der Waals surface area contributed by atoms with Gasteiger partial charge in [-0.25, -0.2) is 0 Å². The third-order valence-electron chi connectivity index (χ3n) is 3.29. The second-order valence-corrected chi connectivity index (χ2v) is 4.15. The van der Waals surface area contributed by atoms with Crippen molar-refractivity contribution in [3.8, 4) is 0 Å². The molecule has 0 radical (unpaired) electrons. The molecule has 2 fully saturated rings. The van der Waals surface area contributed by atoms with Crippen LogP contribution in [0, 0.1) is 17.8 Å². The summed E-state index contributed by atoms with van der Waals surface area (Å²) in [4.78, 5) is 0. The topological polar surface area (TPSA) is 29.5 Å². The second kappa shape index (κ2) is 2.46. The normalized spacial score (nSPS) is 56.5. The van der Waals surface area contributed by atoms with Crippen molar-refractivity contribution in [1.29, 1.82) is 0 Å². The van der Waals surface area contributed by atoms with Gasteiger partial charge in [0.2, 0.25) is 0 Å². The van der Waals surface area contributed by atoms with Crippen LogP contribution in [0.5, 0.6) is 0 Å². The Hall–Kier alpha value is -0.0800. The van der Waals surface area contributed by atoms with E-state index in [1.165, 1.54) is 6.42 Å². The molecular weight excluding hydrogens is 140 g/mol. The molecule has 2 nitrogen and oxygen atoms in total. The van der Waals surface area contributed by atoms with Gasteiger partial charge >= 0.3 is 0 Å². The van der Waals surface area contributed by atoms with E-state index in [0.29, 0.717) is 23.9 Å². The molecule has 3 unspecified atom stereocenters. The molecule has 1 saturated carbocycles. The SMILES string of the molecule is C[C@@H]1C[C@H](C)C2CC1OC2O. The molecule has 1 N–H and O–H groups in total. The first-order valence-electron chi connectivity index (χ1n) is 4.52. The zero-order valence-corrected chi connectivity index (χ0v) is 7.16. The smallest absolute Gasteiger partial charge is 0.158 e. The average Bonchev–Trinajstić information content (AvgIpc) is 2.26. The Morgan fingerprint density at radius 2 is 1.91 bits per heavy atom. The van der Waals surface area contributed by atoms with Crippen LogP contribution in [-0.2, 0) is 4.74 Å². The van der Waals surface area contributed by atoms with Crippen molar-refractivity contribution in [3.63, 3.8) is 0 Å². The van der Waals surface area contributed by atoms with Gasteiger partial charge in [0.15, 0.2) is 6.29 Å². The Bertz CT molecular complexity index is 156. The summed E-state index contributed by atoms with van der Waals surface area (Å²) in [6, 6.07) is 0. The van der Waals surface area contributed by atoms with Crippen LogP contribution < -0.4 is 0 Å². The molecule has 0 aromatic carbocycles. The highest BCUT2D eigenvalue weighted by molar-refractivity contribution is 4.89. The maximum atomic E-state index is 9.47. The Morgan fingerprint density at radius 3 is 2.64 bits per heavy atom. The molecule has 2 heteroatoms. The van der Waals surface area contributed by atoms with E-state index in [4.69, 9.17) is 4.74 Å². The Balaban J connectivity index is 2.13. The second-order valence-electron chi connectivity index (χ2n) is 4.15. The summed E-state index contributed by atoms with van der Waals surface area (Å²) >= 11 is 0. The Kier molecular flexibility index (Phi) is 1.69. The number of hydrogen-bond donors (Lipinski definition) is 1. The fourth-order valence-corrected chi connectivity index (χ4v) is 2.51. The van der Waals surface area contributed by atoms with Crippen LogP contribution in [-0.4, -0.2) is 17.5 Å². The van der Waals surface area contributed by atoms with Gasteiger partial charge in [0.25, 0.3) is 0 Å². The molecule has 1 saturated heterocycles. The fraction of sp³-hybridized carbons (Fsp3) is 1.00. The van der Waals surface area contributed by atoms with Crippen molar-refractivity contribution in [2.75, 3.05) is 0 Å². The van der Waals surface area contributed by atoms with Crippen LogP contribution in [0.15, 0.2) is 0 Å². The highest BCUT2D eigenvalue weighted by atomic mass is 16.6. The standard InChI is InChI=1S/C9H16O2/c1-5-3-6(2)8-4-7(5)9(10)11-8/h5-10H,3-4H2,1-2H3/t5-,6+,7?,8?,9?/m0/s1. The third kappa shape index (κ3) is 1.09. The van der Waals surface area contributed by atoms with E-state index >= 15 is 0 Å². The van der Waals surface area contributed by atoms with Gasteiger partial charge < -0.3 is 9.84 Å². The number of fused-ring (bicyclic) bond motifs is 2. The van der Waals surface area contributed by atoms with E-state index in [9.17, 15) is 5.11 Å². The Labute approximate surface area is 67.6 Å². The summed E-state index contributed by atoms with van der Waals surface area (Å²) in [6.07, 6.45) is 2.15. The summed E-state index contributed by atoms with van der Waals surface area (Å²) in [5.74, 6) is 1.69. The molecule has 2 rings (SSSR count). The zero-order chi connectivity index (χ0) is 8.01. The summed E-state index contributed by atoms with van der Waals surface area (Å²) in [6.45, 7) is 4.44. The molecule has 0 spiro atoms. The van der Waals surface area contributed by atoms with Crippen LogP contribution in [0.1, 0.15) is 26.7 Å². The van der Waals surface area contributed by atoms with E-state index < -0.39 is 6.29 Å². The highest BCUT2D eigenvalue weighted by Gasteiger charge is 2.44. The van der Waals surface area contributed by atoms with E-state index in [2.05, 4.69) is 13.8 Å². The van der Waals surface area contributed by atoms with Gasteiger partial charge in [0.05, 0.1) is 6.10 Å². The van der Waals surface area contributed by atoms with Gasteiger partial charge in [-0.15, -0.1) is 0 Å². The van der Waals surface area contributed by atoms with E-state index in [1.807, 2.05) is 0 Å². The maximum absolute atomic E-state index is 9.47. The lowest BCUT2D eigenvalue weighted by Crippen LogP contribution is -2.27. The predicted octanol–water partition coefficient (Wildman–Crippen LogP) is 1.39. The van der Waals surface area contributed by atoms with Crippen molar-refractivity contribution in [1.82, 2.24) is 0 Å². The summed E-state index contributed by atoms with van der Waals surface area (Å²) in [5.41, 5.74) is 0. The lowest BCUT2D eigenvalue weighted by Gasteiger charge is -2.28. The molecule has 11 heavy (non-hydrogen) atoms. The first-order chi connectivity index (χ1) is 5.18. The van der Waals surface area contributed by atoms with Crippen molar-refractivity contribution < 1.29 is 9.84 Å². The molecule has 0 amide bonds. The first-order valence-corrected chi connectivity index (χ1v) is 4.52. The van der Waals surface area contributed by atoms with Gasteiger partial charge in [-0.05, 0) is 24.7 Å². The van der Waals surface area contributed by atoms with Gasteiger partial charge in [0.1, 0.15) is 0 Å². The van der Waals surface area contributed by atoms with Crippen LogP contribution in [0.25, 0.3) is 0 Å². The monoisotopic (exact) mass is 156 g/mol. The summed E-state index contributed by atoms with van der Waals surface area (Å²) < 4.78 is 5.42. The molecule has 0 aromatic rings. The molecule has 1 aliphatic carbocycles. The maximum Gasteiger partial charge on any atom is 0.158 e. The van der Waals surface area contributed by atoms with Crippen LogP contribution >= 0.6 is 0 Å². The third-order valence-corrected chi connectivity index (χ3v) is 3.29. The molecular formula is C9H16O2. The van der Waals surface area contributed by atoms with Crippen molar-refractivity contribution in [2.45, 2.75) is 39.1 Å². The number of ether oxygens (including phenoxy) is 1. The first kappa shape index (κ1) is 7.56. The quantitative estimate of drug-likeness (QED) is 0.574. The lowest BCUT2D eigenvalue weighted by molar-refractivity contribution is -0.110. The highest BCUT2D eigenvalue weighted by Crippen LogP contribution is 2.43. The van der Waals surface area contributed by atoms with E-state index in [-0.39, 0.29) is 0 Å². The minimum Gasteiger partial charge on any atom is -0.368 e. The molecule has 2 bridgehead atoms. The lowest BCUT2D eigenvalue weighted by atomic mass is 9.76. The summed E-state index contributed by atoms with van der Waals surface area (Å²) in [5, 5.41) is 9.47. The number of hydrogen-bond acceptors (Lipinski definition) is 2. The van der Waals surface area contributed by atoms with Crippen molar-refractivity contribution >= 4 is 0 Å². The van der Waals surface area contributed by atoms with Crippen molar-refractivity contribution in [3.05, 3.63) is 0 Å². The van der Waals surface area contributed by atoms with Gasteiger partial charge in [-0.3, -0.25) is 0 Å². The average molecular weight is 156 g/mol. The fourth-order valence-electron chi connectivity index (χ4n) is 2.51. The number of aliphatic hydroxyl groups excluding tert-OH is 1. The van der Waals surface area contributed by atoms with Gasteiger partial charge in [-0.2, -0.15) is 0 Å². The summed E-state index contributed by atoms with van der Waals surface area (Å²) in [7, 11) is 0.